The van der Waals surface area contributed by atoms with Crippen LogP contribution >= 0.6 is 0 Å². The normalized spacial score (nSPS) is 10.8. The summed E-state index contributed by atoms with van der Waals surface area (Å²) in [6.07, 6.45) is 1.75. The van der Waals surface area contributed by atoms with Crippen LogP contribution < -0.4 is 5.32 Å². The maximum Gasteiger partial charge on any atom is 0.129 e. The summed E-state index contributed by atoms with van der Waals surface area (Å²) in [6.45, 7) is 5.05. The minimum absolute atomic E-state index is 0.691. The van der Waals surface area contributed by atoms with Crippen LogP contribution in [0.4, 0.5) is 5.82 Å². The highest BCUT2D eigenvalue weighted by Crippen LogP contribution is 1.99. The van der Waals surface area contributed by atoms with Crippen molar-refractivity contribution in [1.82, 2.24) is 14.9 Å². The number of hydrogen-bond acceptors (Lipinski definition) is 5. The fraction of sp³-hybridized carbons (Fsp3) is 0.636. The monoisotopic (exact) mass is 224 g/mol. The topological polar surface area (TPSA) is 50.3 Å². The Balaban J connectivity index is 2.07. The number of aryl methyl sites for hydroxylation is 1. The van der Waals surface area contributed by atoms with Gasteiger partial charge >= 0.3 is 0 Å². The van der Waals surface area contributed by atoms with E-state index in [0.717, 1.165) is 31.3 Å². The maximum atomic E-state index is 5.45. The Morgan fingerprint density at radius 2 is 2.19 bits per heavy atom. The van der Waals surface area contributed by atoms with Gasteiger partial charge in [0.25, 0.3) is 0 Å². The number of likely N-dealkylation sites (N-methyl/N-ethyl adjacent to an activating group) is 1. The lowest BCUT2D eigenvalue weighted by Gasteiger charge is -2.10. The SMILES string of the molecule is Cc1nccc(NCCOCCN(C)C)n1. The molecule has 1 heterocycles. The Hall–Kier alpha value is -1.20. The molecule has 16 heavy (non-hydrogen) atoms. The summed E-state index contributed by atoms with van der Waals surface area (Å²) in [5.41, 5.74) is 0. The van der Waals surface area contributed by atoms with Gasteiger partial charge in [0.1, 0.15) is 11.6 Å². The van der Waals surface area contributed by atoms with Crippen LogP contribution in [0.15, 0.2) is 12.3 Å². The average Bonchev–Trinajstić information content (AvgIpc) is 2.23. The second-order valence-electron chi connectivity index (χ2n) is 3.83. The highest BCUT2D eigenvalue weighted by Gasteiger charge is 1.94. The van der Waals surface area contributed by atoms with Gasteiger partial charge in [-0.1, -0.05) is 0 Å². The highest BCUT2D eigenvalue weighted by molar-refractivity contribution is 5.32. The third kappa shape index (κ3) is 5.63. The van der Waals surface area contributed by atoms with E-state index in [9.17, 15) is 0 Å². The average molecular weight is 224 g/mol. The zero-order valence-electron chi connectivity index (χ0n) is 10.2. The molecule has 0 atom stereocenters. The van der Waals surface area contributed by atoms with Crippen molar-refractivity contribution in [3.63, 3.8) is 0 Å². The largest absolute Gasteiger partial charge is 0.378 e. The summed E-state index contributed by atoms with van der Waals surface area (Å²) < 4.78 is 5.45. The van der Waals surface area contributed by atoms with Gasteiger partial charge in [-0.05, 0) is 27.1 Å². The second kappa shape index (κ2) is 7.14. The Kier molecular flexibility index (Phi) is 5.74. The van der Waals surface area contributed by atoms with Crippen LogP contribution in [0.1, 0.15) is 5.82 Å². The lowest BCUT2D eigenvalue weighted by molar-refractivity contribution is 0.126. The molecule has 0 aliphatic rings. The third-order valence-corrected chi connectivity index (χ3v) is 2.01. The number of aromatic nitrogens is 2. The van der Waals surface area contributed by atoms with E-state index in [1.807, 2.05) is 27.1 Å². The quantitative estimate of drug-likeness (QED) is 0.693. The molecule has 0 unspecified atom stereocenters. The van der Waals surface area contributed by atoms with Crippen molar-refractivity contribution in [2.45, 2.75) is 6.92 Å². The number of anilines is 1. The molecule has 0 aliphatic carbocycles. The van der Waals surface area contributed by atoms with Crippen molar-refractivity contribution in [2.75, 3.05) is 45.7 Å². The van der Waals surface area contributed by atoms with Gasteiger partial charge in [0, 0.05) is 19.3 Å². The van der Waals surface area contributed by atoms with Crippen LogP contribution in [0.2, 0.25) is 0 Å². The summed E-state index contributed by atoms with van der Waals surface area (Å²) in [4.78, 5) is 10.4. The molecule has 0 aliphatic heterocycles. The fourth-order valence-electron chi connectivity index (χ4n) is 1.16. The van der Waals surface area contributed by atoms with Crippen LogP contribution in [-0.4, -0.2) is 55.3 Å². The van der Waals surface area contributed by atoms with Crippen molar-refractivity contribution < 1.29 is 4.74 Å². The molecular formula is C11H20N4O. The predicted molar refractivity (Wildman–Crippen MR) is 64.6 cm³/mol. The predicted octanol–water partition coefficient (Wildman–Crippen LogP) is 0.775. The van der Waals surface area contributed by atoms with Gasteiger partial charge in [-0.2, -0.15) is 0 Å². The number of hydrogen-bond donors (Lipinski definition) is 1. The van der Waals surface area contributed by atoms with E-state index in [1.54, 1.807) is 6.20 Å². The van der Waals surface area contributed by atoms with E-state index in [-0.39, 0.29) is 0 Å². The second-order valence-corrected chi connectivity index (χ2v) is 3.83. The number of nitrogens with zero attached hydrogens (tertiary/aromatic N) is 3. The molecule has 0 saturated carbocycles. The molecule has 0 bridgehead atoms. The standard InChI is InChI=1S/C11H20N4O/c1-10-12-5-4-11(14-10)13-6-8-16-9-7-15(2)3/h4-5H,6-9H2,1-3H3,(H,12,13,14). The Morgan fingerprint density at radius 1 is 1.38 bits per heavy atom. The zero-order valence-corrected chi connectivity index (χ0v) is 10.2. The summed E-state index contributed by atoms with van der Waals surface area (Å²) >= 11 is 0. The van der Waals surface area contributed by atoms with Crippen LogP contribution in [-0.2, 0) is 4.74 Å². The van der Waals surface area contributed by atoms with Gasteiger partial charge < -0.3 is 15.0 Å². The zero-order chi connectivity index (χ0) is 11.8. The van der Waals surface area contributed by atoms with Crippen LogP contribution in [0.25, 0.3) is 0 Å². The first-order chi connectivity index (χ1) is 7.68. The van der Waals surface area contributed by atoms with Gasteiger partial charge in [-0.3, -0.25) is 0 Å². The molecule has 0 amide bonds. The van der Waals surface area contributed by atoms with Crippen LogP contribution in [0.3, 0.4) is 0 Å². The van der Waals surface area contributed by atoms with Gasteiger partial charge in [0.2, 0.25) is 0 Å². The lowest BCUT2D eigenvalue weighted by atomic mass is 10.5. The molecule has 1 aromatic rings. The Labute approximate surface area is 96.8 Å². The molecule has 5 nitrogen and oxygen atoms in total. The summed E-state index contributed by atoms with van der Waals surface area (Å²) in [6, 6.07) is 1.85. The number of rotatable bonds is 7. The highest BCUT2D eigenvalue weighted by atomic mass is 16.5. The third-order valence-electron chi connectivity index (χ3n) is 2.01. The summed E-state index contributed by atoms with van der Waals surface area (Å²) in [5.74, 6) is 1.63. The van der Waals surface area contributed by atoms with Crippen molar-refractivity contribution in [1.29, 1.82) is 0 Å². The molecule has 1 aromatic heterocycles. The maximum absolute atomic E-state index is 5.45. The molecule has 1 rings (SSSR count). The van der Waals surface area contributed by atoms with E-state index in [0.29, 0.717) is 6.61 Å². The molecule has 90 valence electrons. The van der Waals surface area contributed by atoms with Crippen molar-refractivity contribution in [2.24, 2.45) is 0 Å². The molecule has 5 heteroatoms. The molecule has 0 saturated heterocycles. The van der Waals surface area contributed by atoms with Crippen LogP contribution in [0, 0.1) is 6.92 Å². The molecule has 0 fully saturated rings. The van der Waals surface area contributed by atoms with Gasteiger partial charge in [-0.25, -0.2) is 9.97 Å². The Bertz CT molecular complexity index is 304. The number of ether oxygens (including phenoxy) is 1. The van der Waals surface area contributed by atoms with E-state index >= 15 is 0 Å². The molecule has 0 aromatic carbocycles. The van der Waals surface area contributed by atoms with E-state index in [4.69, 9.17) is 4.74 Å². The lowest BCUT2D eigenvalue weighted by Crippen LogP contribution is -2.20. The van der Waals surface area contributed by atoms with Gasteiger partial charge in [-0.15, -0.1) is 0 Å². The summed E-state index contributed by atoms with van der Waals surface area (Å²) in [5, 5.41) is 3.18. The minimum atomic E-state index is 0.691. The molecule has 0 spiro atoms. The van der Waals surface area contributed by atoms with E-state index in [2.05, 4.69) is 20.2 Å². The molecule has 0 radical (unpaired) electrons. The minimum Gasteiger partial charge on any atom is -0.378 e. The first-order valence-electron chi connectivity index (χ1n) is 5.44. The summed E-state index contributed by atoms with van der Waals surface area (Å²) in [7, 11) is 4.07. The van der Waals surface area contributed by atoms with E-state index < -0.39 is 0 Å². The van der Waals surface area contributed by atoms with Crippen molar-refractivity contribution >= 4 is 5.82 Å². The van der Waals surface area contributed by atoms with E-state index in [1.165, 1.54) is 0 Å². The first kappa shape index (κ1) is 12.9. The van der Waals surface area contributed by atoms with Gasteiger partial charge in [0.15, 0.2) is 0 Å². The van der Waals surface area contributed by atoms with Crippen molar-refractivity contribution in [3.05, 3.63) is 18.1 Å². The molecular weight excluding hydrogens is 204 g/mol. The number of nitrogens with one attached hydrogen (secondary N) is 1. The van der Waals surface area contributed by atoms with Crippen molar-refractivity contribution in [3.8, 4) is 0 Å². The van der Waals surface area contributed by atoms with Crippen LogP contribution in [0.5, 0.6) is 0 Å². The first-order valence-corrected chi connectivity index (χ1v) is 5.44. The Morgan fingerprint density at radius 3 is 2.88 bits per heavy atom. The fourth-order valence-corrected chi connectivity index (χ4v) is 1.16. The molecule has 1 N–H and O–H groups in total. The van der Waals surface area contributed by atoms with Gasteiger partial charge in [0.05, 0.1) is 13.2 Å². The smallest absolute Gasteiger partial charge is 0.129 e.